The molecule has 0 fully saturated rings. The zero-order chi connectivity index (χ0) is 7.40. The van der Waals surface area contributed by atoms with Gasteiger partial charge in [0.1, 0.15) is 0 Å². The Morgan fingerprint density at radius 2 is 2.50 bits per heavy atom. The summed E-state index contributed by atoms with van der Waals surface area (Å²) in [5.74, 6) is 0.142. The van der Waals surface area contributed by atoms with E-state index in [9.17, 15) is 4.79 Å². The van der Waals surface area contributed by atoms with E-state index in [1.165, 1.54) is 11.3 Å². The average molecular weight is 155 g/mol. The van der Waals surface area contributed by atoms with E-state index in [1.54, 1.807) is 0 Å². The van der Waals surface area contributed by atoms with E-state index in [4.69, 9.17) is 5.73 Å². The maximum Gasteiger partial charge on any atom is 0.164 e. The lowest BCUT2D eigenvalue weighted by atomic mass is 10.2. The number of rotatable bonds is 3. The van der Waals surface area contributed by atoms with Crippen molar-refractivity contribution in [1.82, 2.24) is 0 Å². The quantitative estimate of drug-likeness (QED) is 0.668. The molecule has 10 heavy (non-hydrogen) atoms. The van der Waals surface area contributed by atoms with Gasteiger partial charge < -0.3 is 5.73 Å². The highest BCUT2D eigenvalue weighted by molar-refractivity contribution is 7.08. The Bertz CT molecular complexity index is 205. The van der Waals surface area contributed by atoms with Crippen LogP contribution in [0.15, 0.2) is 16.8 Å². The summed E-state index contributed by atoms with van der Waals surface area (Å²) in [5, 5.41) is 3.74. The number of nitrogens with two attached hydrogens (primary N) is 1. The first-order chi connectivity index (χ1) is 4.84. The summed E-state index contributed by atoms with van der Waals surface area (Å²) in [6.45, 7) is 0.439. The van der Waals surface area contributed by atoms with Gasteiger partial charge in [-0.15, -0.1) is 0 Å². The molecule has 0 atom stereocenters. The van der Waals surface area contributed by atoms with Crippen LogP contribution in [-0.4, -0.2) is 12.3 Å². The Labute approximate surface area is 63.7 Å². The molecule has 0 saturated carbocycles. The molecule has 1 aromatic heterocycles. The topological polar surface area (TPSA) is 43.1 Å². The molecule has 0 bridgehead atoms. The molecule has 1 rings (SSSR count). The van der Waals surface area contributed by atoms with Crippen LogP contribution in [0.2, 0.25) is 0 Å². The van der Waals surface area contributed by atoms with E-state index in [-0.39, 0.29) is 5.78 Å². The molecule has 1 heterocycles. The van der Waals surface area contributed by atoms with Crippen LogP contribution in [0.4, 0.5) is 0 Å². The molecule has 2 nitrogen and oxygen atoms in total. The third-order valence-corrected chi connectivity index (χ3v) is 1.90. The molecule has 0 unspecified atom stereocenters. The Balaban J connectivity index is 2.59. The Kier molecular flexibility index (Phi) is 2.59. The van der Waals surface area contributed by atoms with Crippen molar-refractivity contribution in [3.63, 3.8) is 0 Å². The molecule has 3 heteroatoms. The first-order valence-electron chi connectivity index (χ1n) is 3.10. The van der Waals surface area contributed by atoms with Gasteiger partial charge in [0, 0.05) is 17.4 Å². The summed E-state index contributed by atoms with van der Waals surface area (Å²) in [6.07, 6.45) is 0.455. The van der Waals surface area contributed by atoms with Crippen LogP contribution >= 0.6 is 11.3 Å². The summed E-state index contributed by atoms with van der Waals surface area (Å²) in [7, 11) is 0. The summed E-state index contributed by atoms with van der Waals surface area (Å²) in [5.41, 5.74) is 6.01. The fraction of sp³-hybridized carbons (Fsp3) is 0.286. The van der Waals surface area contributed by atoms with E-state index >= 15 is 0 Å². The van der Waals surface area contributed by atoms with Crippen molar-refractivity contribution >= 4 is 17.1 Å². The molecule has 0 radical (unpaired) electrons. The lowest BCUT2D eigenvalue weighted by molar-refractivity contribution is 0.0986. The van der Waals surface area contributed by atoms with E-state index < -0.39 is 0 Å². The van der Waals surface area contributed by atoms with Crippen molar-refractivity contribution in [3.8, 4) is 0 Å². The van der Waals surface area contributed by atoms with Gasteiger partial charge in [0.2, 0.25) is 0 Å². The molecule has 2 N–H and O–H groups in total. The number of ketones is 1. The van der Waals surface area contributed by atoms with Crippen molar-refractivity contribution in [2.24, 2.45) is 5.73 Å². The average Bonchev–Trinajstić information content (AvgIpc) is 2.38. The summed E-state index contributed by atoms with van der Waals surface area (Å²) < 4.78 is 0. The fourth-order valence-corrected chi connectivity index (χ4v) is 1.36. The summed E-state index contributed by atoms with van der Waals surface area (Å²) >= 11 is 1.53. The lowest BCUT2D eigenvalue weighted by Gasteiger charge is -1.91. The van der Waals surface area contributed by atoms with Crippen molar-refractivity contribution < 1.29 is 4.79 Å². The highest BCUT2D eigenvalue weighted by atomic mass is 32.1. The second kappa shape index (κ2) is 3.49. The summed E-state index contributed by atoms with van der Waals surface area (Å²) in [6, 6.07) is 1.82. The number of Topliss-reactive ketones (excluding diaryl/α,β-unsaturated/α-hetero) is 1. The van der Waals surface area contributed by atoms with E-state index in [2.05, 4.69) is 0 Å². The van der Waals surface area contributed by atoms with Crippen molar-refractivity contribution in [2.45, 2.75) is 6.42 Å². The van der Waals surface area contributed by atoms with Crippen LogP contribution in [-0.2, 0) is 0 Å². The van der Waals surface area contributed by atoms with Crippen LogP contribution in [0.25, 0.3) is 0 Å². The number of thiophene rings is 1. The highest BCUT2D eigenvalue weighted by Gasteiger charge is 2.02. The van der Waals surface area contributed by atoms with Gasteiger partial charge in [-0.3, -0.25) is 4.79 Å². The smallest absolute Gasteiger partial charge is 0.164 e. The Morgan fingerprint density at radius 1 is 1.70 bits per heavy atom. The normalized spacial score (nSPS) is 9.70. The number of carbonyl (C=O) groups is 1. The molecule has 0 aliphatic rings. The van der Waals surface area contributed by atoms with Crippen molar-refractivity contribution in [1.29, 1.82) is 0 Å². The molecule has 0 aromatic carbocycles. The van der Waals surface area contributed by atoms with Crippen LogP contribution in [0.3, 0.4) is 0 Å². The summed E-state index contributed by atoms with van der Waals surface area (Å²) in [4.78, 5) is 11.0. The number of carbonyl (C=O) groups excluding carboxylic acids is 1. The molecule has 0 aliphatic heterocycles. The monoisotopic (exact) mass is 155 g/mol. The predicted octanol–water partition coefficient (Wildman–Crippen LogP) is 1.28. The predicted molar refractivity (Wildman–Crippen MR) is 42.3 cm³/mol. The SMILES string of the molecule is NCCC(=O)c1ccsc1. The van der Waals surface area contributed by atoms with Crippen LogP contribution in [0.1, 0.15) is 16.8 Å². The second-order valence-corrected chi connectivity index (χ2v) is 2.75. The molecular formula is C7H9NOS. The zero-order valence-electron chi connectivity index (χ0n) is 5.54. The van der Waals surface area contributed by atoms with Gasteiger partial charge in [0.15, 0.2) is 5.78 Å². The molecule has 0 aliphatic carbocycles. The molecule has 0 saturated heterocycles. The standard InChI is InChI=1S/C7H9NOS/c8-3-1-7(9)6-2-4-10-5-6/h2,4-5H,1,3,8H2. The number of hydrogen-bond acceptors (Lipinski definition) is 3. The van der Waals surface area contributed by atoms with Gasteiger partial charge in [-0.05, 0) is 18.0 Å². The maximum atomic E-state index is 11.0. The lowest BCUT2D eigenvalue weighted by Crippen LogP contribution is -2.06. The van der Waals surface area contributed by atoms with Gasteiger partial charge in [0.25, 0.3) is 0 Å². The largest absolute Gasteiger partial charge is 0.330 e. The van der Waals surface area contributed by atoms with Crippen LogP contribution in [0, 0.1) is 0 Å². The van der Waals surface area contributed by atoms with Gasteiger partial charge in [-0.25, -0.2) is 0 Å². The van der Waals surface area contributed by atoms with Crippen LogP contribution in [0.5, 0.6) is 0 Å². The first-order valence-corrected chi connectivity index (χ1v) is 4.04. The Morgan fingerprint density at radius 3 is 3.00 bits per heavy atom. The fourth-order valence-electron chi connectivity index (χ4n) is 0.699. The van der Waals surface area contributed by atoms with Gasteiger partial charge >= 0.3 is 0 Å². The van der Waals surface area contributed by atoms with Crippen molar-refractivity contribution in [3.05, 3.63) is 22.4 Å². The van der Waals surface area contributed by atoms with E-state index in [0.717, 1.165) is 5.56 Å². The van der Waals surface area contributed by atoms with Gasteiger partial charge in [-0.1, -0.05) is 0 Å². The third-order valence-electron chi connectivity index (χ3n) is 1.21. The molecular weight excluding hydrogens is 146 g/mol. The molecule has 54 valence electrons. The highest BCUT2D eigenvalue weighted by Crippen LogP contribution is 2.07. The van der Waals surface area contributed by atoms with Gasteiger partial charge in [0.05, 0.1) is 0 Å². The second-order valence-electron chi connectivity index (χ2n) is 1.97. The first kappa shape index (κ1) is 7.44. The van der Waals surface area contributed by atoms with Crippen molar-refractivity contribution in [2.75, 3.05) is 6.54 Å². The maximum absolute atomic E-state index is 11.0. The Hall–Kier alpha value is -0.670. The van der Waals surface area contributed by atoms with Crippen LogP contribution < -0.4 is 5.73 Å². The third kappa shape index (κ3) is 1.65. The zero-order valence-corrected chi connectivity index (χ0v) is 6.36. The van der Waals surface area contributed by atoms with E-state index in [0.29, 0.717) is 13.0 Å². The molecule has 0 amide bonds. The number of hydrogen-bond donors (Lipinski definition) is 1. The minimum absolute atomic E-state index is 0.142. The van der Waals surface area contributed by atoms with E-state index in [1.807, 2.05) is 16.8 Å². The molecule has 1 aromatic rings. The van der Waals surface area contributed by atoms with Gasteiger partial charge in [-0.2, -0.15) is 11.3 Å². The molecule has 0 spiro atoms. The minimum atomic E-state index is 0.142. The minimum Gasteiger partial charge on any atom is -0.330 e.